The number of primary sulfonamides is 1. The third kappa shape index (κ3) is 6.08. The first kappa shape index (κ1) is 23.4. The second kappa shape index (κ2) is 9.32. The number of nitrogens with one attached hydrogen (secondary N) is 2. The van der Waals surface area contributed by atoms with Crippen molar-refractivity contribution in [2.45, 2.75) is 30.1 Å². The van der Waals surface area contributed by atoms with Crippen LogP contribution in [-0.4, -0.2) is 41.1 Å². The quantitative estimate of drug-likeness (QED) is 0.419. The van der Waals surface area contributed by atoms with Crippen LogP contribution in [0.15, 0.2) is 46.2 Å². The Labute approximate surface area is 175 Å². The summed E-state index contributed by atoms with van der Waals surface area (Å²) >= 11 is 0. The summed E-state index contributed by atoms with van der Waals surface area (Å²) in [5, 5.41) is 16.9. The van der Waals surface area contributed by atoms with Crippen molar-refractivity contribution in [3.8, 4) is 5.75 Å². The summed E-state index contributed by atoms with van der Waals surface area (Å²) in [7, 11) is -8.13. The van der Waals surface area contributed by atoms with Gasteiger partial charge < -0.3 is 15.2 Å². The lowest BCUT2D eigenvalue weighted by Crippen LogP contribution is -2.17. The molecule has 0 bridgehead atoms. The van der Waals surface area contributed by atoms with Gasteiger partial charge >= 0.3 is 5.97 Å². The first-order valence-corrected chi connectivity index (χ1v) is 11.9. The zero-order valence-electron chi connectivity index (χ0n) is 16.4. The fourth-order valence-corrected chi connectivity index (χ4v) is 4.19. The van der Waals surface area contributed by atoms with E-state index in [0.717, 1.165) is 12.5 Å². The van der Waals surface area contributed by atoms with Crippen LogP contribution in [0.3, 0.4) is 0 Å². The second-order valence-electron chi connectivity index (χ2n) is 6.39. The fourth-order valence-electron chi connectivity index (χ4n) is 2.49. The van der Waals surface area contributed by atoms with Gasteiger partial charge in [-0.1, -0.05) is 6.92 Å². The lowest BCUT2D eigenvalue weighted by atomic mass is 10.2. The Bertz CT molecular complexity index is 1150. The summed E-state index contributed by atoms with van der Waals surface area (Å²) in [5.41, 5.74) is 0.839. The van der Waals surface area contributed by atoms with E-state index in [1.807, 2.05) is 6.92 Å². The normalized spacial score (nSPS) is 11.7. The van der Waals surface area contributed by atoms with Crippen LogP contribution in [0.5, 0.6) is 5.75 Å². The number of carboxylic acids is 1. The fraction of sp³-hybridized carbons (Fsp3) is 0.278. The number of aryl methyl sites for hydroxylation is 1. The predicted octanol–water partition coefficient (Wildman–Crippen LogP) is 1.73. The average Bonchev–Trinajstić information content (AvgIpc) is 2.64. The topological polar surface area (TPSA) is 165 Å². The Kier molecular flexibility index (Phi) is 7.29. The molecule has 0 radical (unpaired) electrons. The van der Waals surface area contributed by atoms with Gasteiger partial charge in [0.2, 0.25) is 10.0 Å². The number of benzene rings is 2. The van der Waals surface area contributed by atoms with Gasteiger partial charge in [0.05, 0.1) is 21.2 Å². The molecule has 0 atom stereocenters. The molecule has 5 N–H and O–H groups in total. The molecule has 0 heterocycles. The van der Waals surface area contributed by atoms with Crippen LogP contribution in [-0.2, 0) is 24.8 Å². The van der Waals surface area contributed by atoms with E-state index >= 15 is 0 Å². The number of carbonyl (C=O) groups is 1. The van der Waals surface area contributed by atoms with Gasteiger partial charge in [-0.25, -0.2) is 26.8 Å². The minimum Gasteiger partial charge on any atom is -0.482 e. The van der Waals surface area contributed by atoms with E-state index < -0.39 is 32.6 Å². The molecule has 12 heteroatoms. The van der Waals surface area contributed by atoms with Crippen molar-refractivity contribution in [2.24, 2.45) is 5.14 Å². The van der Waals surface area contributed by atoms with Crippen molar-refractivity contribution < 1.29 is 31.5 Å². The average molecular weight is 458 g/mol. The molecule has 0 aliphatic carbocycles. The highest BCUT2D eigenvalue weighted by Crippen LogP contribution is 2.29. The zero-order chi connectivity index (χ0) is 22.5. The van der Waals surface area contributed by atoms with Crippen LogP contribution in [0, 0.1) is 6.92 Å². The Morgan fingerprint density at radius 3 is 2.30 bits per heavy atom. The Hall–Kier alpha value is -2.83. The molecule has 0 amide bonds. The number of carboxylic acid groups (broad SMARTS) is 1. The summed E-state index contributed by atoms with van der Waals surface area (Å²) in [6.45, 7) is 3.48. The van der Waals surface area contributed by atoms with E-state index in [9.17, 15) is 21.6 Å². The Balaban J connectivity index is 2.39. The summed E-state index contributed by atoms with van der Waals surface area (Å²) in [5.74, 6) is -0.924. The van der Waals surface area contributed by atoms with Crippen LogP contribution in [0.4, 0.5) is 11.4 Å². The van der Waals surface area contributed by atoms with E-state index in [0.29, 0.717) is 17.8 Å². The van der Waals surface area contributed by atoms with Gasteiger partial charge in [0, 0.05) is 6.54 Å². The van der Waals surface area contributed by atoms with E-state index in [-0.39, 0.29) is 21.2 Å². The van der Waals surface area contributed by atoms with Crippen molar-refractivity contribution in [3.63, 3.8) is 0 Å². The molecule has 0 saturated heterocycles. The first-order chi connectivity index (χ1) is 13.9. The molecule has 0 fully saturated rings. The van der Waals surface area contributed by atoms with Gasteiger partial charge in [0.25, 0.3) is 10.0 Å². The monoisotopic (exact) mass is 457 g/mol. The van der Waals surface area contributed by atoms with Crippen LogP contribution in [0.1, 0.15) is 18.9 Å². The van der Waals surface area contributed by atoms with Crippen molar-refractivity contribution in [2.75, 3.05) is 23.2 Å². The van der Waals surface area contributed by atoms with E-state index in [1.54, 1.807) is 6.92 Å². The zero-order valence-corrected chi connectivity index (χ0v) is 18.0. The number of nitrogens with two attached hydrogens (primary N) is 1. The summed E-state index contributed by atoms with van der Waals surface area (Å²) in [4.78, 5) is 10.3. The lowest BCUT2D eigenvalue weighted by molar-refractivity contribution is -0.139. The first-order valence-electron chi connectivity index (χ1n) is 8.83. The molecule has 2 aromatic carbocycles. The summed E-state index contributed by atoms with van der Waals surface area (Å²) in [6.07, 6.45) is 0.764. The SMILES string of the molecule is CCCNc1ccc(S(N)(=O)=O)cc1NS(=O)(=O)c1ccc(OCC(=O)O)c(C)c1. The van der Waals surface area contributed by atoms with Crippen LogP contribution in [0.25, 0.3) is 0 Å². The predicted molar refractivity (Wildman–Crippen MR) is 112 cm³/mol. The third-order valence-electron chi connectivity index (χ3n) is 3.94. The molecule has 0 spiro atoms. The molecule has 0 aliphatic heterocycles. The smallest absolute Gasteiger partial charge is 0.341 e. The standard InChI is InChI=1S/C18H23N3O7S2/c1-3-8-20-15-6-4-13(29(19,24)25)10-16(15)21-30(26,27)14-5-7-17(12(2)9-14)28-11-18(22)23/h4-7,9-10,20-21H,3,8,11H2,1-2H3,(H,22,23)(H2,19,24,25). The molecular formula is C18H23N3O7S2. The molecule has 10 nitrogen and oxygen atoms in total. The number of rotatable bonds is 10. The van der Waals surface area contributed by atoms with Gasteiger partial charge in [-0.3, -0.25) is 4.72 Å². The maximum atomic E-state index is 12.9. The number of hydrogen-bond acceptors (Lipinski definition) is 7. The minimum absolute atomic E-state index is 0.0267. The van der Waals surface area contributed by atoms with Gasteiger partial charge in [-0.2, -0.15) is 0 Å². The second-order valence-corrected chi connectivity index (χ2v) is 9.64. The Morgan fingerprint density at radius 2 is 1.73 bits per heavy atom. The van der Waals surface area contributed by atoms with Crippen LogP contribution < -0.4 is 19.9 Å². The maximum Gasteiger partial charge on any atom is 0.341 e. The van der Waals surface area contributed by atoms with Crippen molar-refractivity contribution in [3.05, 3.63) is 42.0 Å². The Morgan fingerprint density at radius 1 is 1.07 bits per heavy atom. The summed E-state index contributed by atoms with van der Waals surface area (Å²) < 4.78 is 56.5. The molecule has 30 heavy (non-hydrogen) atoms. The van der Waals surface area contributed by atoms with Gasteiger partial charge in [-0.15, -0.1) is 0 Å². The summed E-state index contributed by atoms with van der Waals surface area (Å²) in [6, 6.07) is 7.79. The van der Waals surface area contributed by atoms with E-state index in [2.05, 4.69) is 10.0 Å². The maximum absolute atomic E-state index is 12.9. The molecule has 2 aromatic rings. The largest absolute Gasteiger partial charge is 0.482 e. The number of hydrogen-bond donors (Lipinski definition) is 4. The molecule has 2 rings (SSSR count). The number of anilines is 2. The number of aliphatic carboxylic acids is 1. The van der Waals surface area contributed by atoms with Crippen LogP contribution >= 0.6 is 0 Å². The molecular weight excluding hydrogens is 434 g/mol. The highest BCUT2D eigenvalue weighted by molar-refractivity contribution is 7.92. The lowest BCUT2D eigenvalue weighted by Gasteiger charge is -2.16. The molecule has 0 unspecified atom stereocenters. The molecule has 0 aromatic heterocycles. The highest BCUT2D eigenvalue weighted by atomic mass is 32.2. The van der Waals surface area contributed by atoms with Crippen molar-refractivity contribution >= 4 is 37.4 Å². The third-order valence-corrected chi connectivity index (χ3v) is 6.21. The number of sulfonamides is 2. The van der Waals surface area contributed by atoms with Gasteiger partial charge in [-0.05, 0) is 55.3 Å². The van der Waals surface area contributed by atoms with E-state index in [4.69, 9.17) is 15.0 Å². The van der Waals surface area contributed by atoms with Crippen molar-refractivity contribution in [1.29, 1.82) is 0 Å². The van der Waals surface area contributed by atoms with E-state index in [1.165, 1.54) is 30.3 Å². The molecule has 0 aliphatic rings. The van der Waals surface area contributed by atoms with Crippen molar-refractivity contribution in [1.82, 2.24) is 0 Å². The molecule has 0 saturated carbocycles. The molecule has 164 valence electrons. The van der Waals surface area contributed by atoms with Gasteiger partial charge in [0.1, 0.15) is 5.75 Å². The minimum atomic E-state index is -4.09. The van der Waals surface area contributed by atoms with Gasteiger partial charge in [0.15, 0.2) is 6.61 Å². The number of ether oxygens (including phenoxy) is 1. The highest BCUT2D eigenvalue weighted by Gasteiger charge is 2.20. The van der Waals surface area contributed by atoms with Crippen LogP contribution in [0.2, 0.25) is 0 Å².